The van der Waals surface area contributed by atoms with Gasteiger partial charge >= 0.3 is 5.97 Å². The molecule has 1 saturated heterocycles. The molecule has 2 unspecified atom stereocenters. The molecule has 0 spiro atoms. The second-order valence-corrected chi connectivity index (χ2v) is 8.39. The second kappa shape index (κ2) is 8.40. The molecule has 0 radical (unpaired) electrons. The highest BCUT2D eigenvalue weighted by Crippen LogP contribution is 2.37. The lowest BCUT2D eigenvalue weighted by molar-refractivity contribution is -0.151. The highest BCUT2D eigenvalue weighted by molar-refractivity contribution is 5.88. The first kappa shape index (κ1) is 19.2. The van der Waals surface area contributed by atoms with Crippen molar-refractivity contribution in [2.75, 3.05) is 19.6 Å². The molecule has 0 aromatic carbocycles. The summed E-state index contributed by atoms with van der Waals surface area (Å²) in [6.45, 7) is 1.82. The van der Waals surface area contributed by atoms with Gasteiger partial charge in [-0.2, -0.15) is 0 Å². The number of hydrogen-bond acceptors (Lipinski definition) is 3. The fraction of sp³-hybridized carbons (Fsp3) is 0.850. The molecule has 2 saturated carbocycles. The molecule has 3 aliphatic rings. The molecule has 0 bridgehead atoms. The Morgan fingerprint density at radius 1 is 0.885 bits per heavy atom. The van der Waals surface area contributed by atoms with Crippen molar-refractivity contribution >= 4 is 17.8 Å². The molecule has 6 heteroatoms. The van der Waals surface area contributed by atoms with E-state index in [4.69, 9.17) is 0 Å². The van der Waals surface area contributed by atoms with Gasteiger partial charge in [-0.25, -0.2) is 0 Å². The molecule has 0 aromatic rings. The summed E-state index contributed by atoms with van der Waals surface area (Å²) in [6, 6.07) is 0. The van der Waals surface area contributed by atoms with Gasteiger partial charge in [0.05, 0.1) is 5.41 Å². The number of likely N-dealkylation sites (tertiary alicyclic amines) is 1. The van der Waals surface area contributed by atoms with Gasteiger partial charge in [-0.1, -0.05) is 32.1 Å². The number of carboxylic acid groups (broad SMARTS) is 1. The minimum atomic E-state index is -0.822. The average Bonchev–Trinajstić information content (AvgIpc) is 3.21. The maximum absolute atomic E-state index is 12.9. The topological polar surface area (TPSA) is 86.7 Å². The third kappa shape index (κ3) is 4.04. The summed E-state index contributed by atoms with van der Waals surface area (Å²) in [5, 5.41) is 12.6. The summed E-state index contributed by atoms with van der Waals surface area (Å²) in [7, 11) is 0. The number of aliphatic carboxylic acids is 1. The predicted molar refractivity (Wildman–Crippen MR) is 97.4 cm³/mol. The molecule has 2 N–H and O–H groups in total. The average molecular weight is 364 g/mol. The SMILES string of the molecule is O=C(NCC1(C(=O)O)CCCCC1)C1CCCCC1C(=O)N1CCCC1. The first-order chi connectivity index (χ1) is 12.5. The van der Waals surface area contributed by atoms with Crippen molar-refractivity contribution in [1.82, 2.24) is 10.2 Å². The lowest BCUT2D eigenvalue weighted by atomic mass is 9.73. The van der Waals surface area contributed by atoms with Gasteiger partial charge in [0.15, 0.2) is 0 Å². The van der Waals surface area contributed by atoms with Crippen LogP contribution in [0.5, 0.6) is 0 Å². The number of nitrogens with zero attached hydrogens (tertiary/aromatic N) is 1. The number of rotatable bonds is 5. The summed E-state index contributed by atoms with van der Waals surface area (Å²) >= 11 is 0. The van der Waals surface area contributed by atoms with E-state index in [1.807, 2.05) is 4.90 Å². The second-order valence-electron chi connectivity index (χ2n) is 8.39. The van der Waals surface area contributed by atoms with Crippen molar-refractivity contribution in [3.8, 4) is 0 Å². The van der Waals surface area contributed by atoms with E-state index in [1.54, 1.807) is 0 Å². The molecule has 1 aliphatic heterocycles. The van der Waals surface area contributed by atoms with Gasteiger partial charge in [0.1, 0.15) is 0 Å². The van der Waals surface area contributed by atoms with Crippen LogP contribution < -0.4 is 5.32 Å². The monoisotopic (exact) mass is 364 g/mol. The van der Waals surface area contributed by atoms with E-state index in [1.165, 1.54) is 0 Å². The zero-order valence-electron chi connectivity index (χ0n) is 15.7. The number of carboxylic acids is 1. The Labute approximate surface area is 155 Å². The van der Waals surface area contributed by atoms with Gasteiger partial charge in [0.2, 0.25) is 11.8 Å². The maximum atomic E-state index is 12.9. The molecule has 2 aliphatic carbocycles. The van der Waals surface area contributed by atoms with Gasteiger partial charge in [-0.15, -0.1) is 0 Å². The van der Waals surface area contributed by atoms with Gasteiger partial charge < -0.3 is 15.3 Å². The first-order valence-corrected chi connectivity index (χ1v) is 10.3. The van der Waals surface area contributed by atoms with Gasteiger partial charge in [-0.05, 0) is 38.5 Å². The largest absolute Gasteiger partial charge is 0.481 e. The normalized spacial score (nSPS) is 28.5. The van der Waals surface area contributed by atoms with Gasteiger partial charge in [-0.3, -0.25) is 14.4 Å². The fourth-order valence-electron chi connectivity index (χ4n) is 4.99. The summed E-state index contributed by atoms with van der Waals surface area (Å²) < 4.78 is 0. The van der Waals surface area contributed by atoms with E-state index in [9.17, 15) is 19.5 Å². The van der Waals surface area contributed by atoms with E-state index in [0.717, 1.165) is 70.9 Å². The van der Waals surface area contributed by atoms with Crippen LogP contribution in [0.3, 0.4) is 0 Å². The molecule has 1 heterocycles. The van der Waals surface area contributed by atoms with Crippen LogP contribution in [0.1, 0.15) is 70.6 Å². The van der Waals surface area contributed by atoms with Crippen LogP contribution in [0.15, 0.2) is 0 Å². The van der Waals surface area contributed by atoms with E-state index < -0.39 is 11.4 Å². The summed E-state index contributed by atoms with van der Waals surface area (Å²) in [5.74, 6) is -1.31. The minimum absolute atomic E-state index is 0.117. The highest BCUT2D eigenvalue weighted by Gasteiger charge is 2.42. The predicted octanol–water partition coefficient (Wildman–Crippen LogP) is 2.57. The van der Waals surface area contributed by atoms with Crippen molar-refractivity contribution in [2.45, 2.75) is 70.6 Å². The lowest BCUT2D eigenvalue weighted by Crippen LogP contribution is -2.49. The van der Waals surface area contributed by atoms with E-state index in [0.29, 0.717) is 12.8 Å². The third-order valence-corrected chi connectivity index (χ3v) is 6.70. The lowest BCUT2D eigenvalue weighted by Gasteiger charge is -2.35. The maximum Gasteiger partial charge on any atom is 0.311 e. The molecule has 6 nitrogen and oxygen atoms in total. The van der Waals surface area contributed by atoms with Crippen molar-refractivity contribution < 1.29 is 19.5 Å². The number of amides is 2. The van der Waals surface area contributed by atoms with Crippen LogP contribution in [0, 0.1) is 17.3 Å². The summed E-state index contributed by atoms with van der Waals surface area (Å²) in [4.78, 5) is 39.4. The summed E-state index contributed by atoms with van der Waals surface area (Å²) in [6.07, 6.45) is 9.70. The molecule has 3 rings (SSSR count). The molecule has 2 atom stereocenters. The Balaban J connectivity index is 1.62. The summed E-state index contributed by atoms with van der Waals surface area (Å²) in [5.41, 5.74) is -0.822. The first-order valence-electron chi connectivity index (χ1n) is 10.3. The van der Waals surface area contributed by atoms with E-state index >= 15 is 0 Å². The van der Waals surface area contributed by atoms with Crippen molar-refractivity contribution in [3.05, 3.63) is 0 Å². The molecule has 0 aromatic heterocycles. The Kier molecular flexibility index (Phi) is 6.20. The molecule has 146 valence electrons. The van der Waals surface area contributed by atoms with Crippen LogP contribution >= 0.6 is 0 Å². The zero-order chi connectivity index (χ0) is 18.6. The Hall–Kier alpha value is -1.59. The number of hydrogen-bond donors (Lipinski definition) is 2. The van der Waals surface area contributed by atoms with Crippen LogP contribution in [0.2, 0.25) is 0 Å². The molecule has 26 heavy (non-hydrogen) atoms. The standard InChI is InChI=1S/C20H32N2O4/c23-17(21-14-20(19(25)26)10-4-1-5-11-20)15-8-2-3-9-16(15)18(24)22-12-6-7-13-22/h15-16H,1-14H2,(H,21,23)(H,25,26). The van der Waals surface area contributed by atoms with Gasteiger partial charge in [0, 0.05) is 31.5 Å². The number of carbonyl (C=O) groups is 3. The van der Waals surface area contributed by atoms with Crippen molar-refractivity contribution in [3.63, 3.8) is 0 Å². The van der Waals surface area contributed by atoms with E-state index in [2.05, 4.69) is 5.32 Å². The van der Waals surface area contributed by atoms with Crippen LogP contribution in [-0.4, -0.2) is 47.4 Å². The Morgan fingerprint density at radius 3 is 2.12 bits per heavy atom. The smallest absolute Gasteiger partial charge is 0.311 e. The van der Waals surface area contributed by atoms with Crippen molar-refractivity contribution in [2.24, 2.45) is 17.3 Å². The molecule has 2 amide bonds. The number of carbonyl (C=O) groups excluding carboxylic acids is 2. The molecular weight excluding hydrogens is 332 g/mol. The van der Waals surface area contributed by atoms with Crippen molar-refractivity contribution in [1.29, 1.82) is 0 Å². The third-order valence-electron chi connectivity index (χ3n) is 6.70. The zero-order valence-corrected chi connectivity index (χ0v) is 15.7. The van der Waals surface area contributed by atoms with Crippen LogP contribution in [-0.2, 0) is 14.4 Å². The van der Waals surface area contributed by atoms with Crippen LogP contribution in [0.25, 0.3) is 0 Å². The Bertz CT molecular complexity index is 536. The Morgan fingerprint density at radius 2 is 1.50 bits per heavy atom. The fourth-order valence-corrected chi connectivity index (χ4v) is 4.99. The van der Waals surface area contributed by atoms with Crippen LogP contribution in [0.4, 0.5) is 0 Å². The molecule has 3 fully saturated rings. The quantitative estimate of drug-likeness (QED) is 0.785. The minimum Gasteiger partial charge on any atom is -0.481 e. The molecular formula is C20H32N2O4. The number of nitrogens with one attached hydrogen (secondary N) is 1. The van der Waals surface area contributed by atoms with Gasteiger partial charge in [0.25, 0.3) is 0 Å². The highest BCUT2D eigenvalue weighted by atomic mass is 16.4. The van der Waals surface area contributed by atoms with E-state index in [-0.39, 0.29) is 30.2 Å².